The summed E-state index contributed by atoms with van der Waals surface area (Å²) < 4.78 is 5.98. The van der Waals surface area contributed by atoms with Crippen molar-refractivity contribution >= 4 is 19.7 Å². The van der Waals surface area contributed by atoms with Crippen molar-refractivity contribution in [2.24, 2.45) is 0 Å². The standard InChI is InChI=1S/C16H18N2O5Si/c1-24(2,12-13-6-4-3-5-7-13)23-11-14-8-15(17(19)20)10-16(9-14)18(21)22/h3-10H,11-12H2,1-2H3. The summed E-state index contributed by atoms with van der Waals surface area (Å²) in [7, 11) is -2.06. The number of non-ortho nitro benzene ring substituents is 2. The third kappa shape index (κ3) is 4.97. The molecule has 0 aliphatic rings. The lowest BCUT2D eigenvalue weighted by atomic mass is 10.2. The Hall–Kier alpha value is -2.58. The highest BCUT2D eigenvalue weighted by Gasteiger charge is 2.24. The summed E-state index contributed by atoms with van der Waals surface area (Å²) in [6.45, 7) is 4.21. The molecule has 0 saturated carbocycles. The minimum Gasteiger partial charge on any atom is -0.413 e. The van der Waals surface area contributed by atoms with Gasteiger partial charge < -0.3 is 4.43 Å². The summed E-state index contributed by atoms with van der Waals surface area (Å²) in [6.07, 6.45) is 0. The first-order valence-corrected chi connectivity index (χ1v) is 10.5. The molecule has 0 unspecified atom stereocenters. The molecule has 0 amide bonds. The van der Waals surface area contributed by atoms with Gasteiger partial charge in [-0.3, -0.25) is 20.2 Å². The summed E-state index contributed by atoms with van der Waals surface area (Å²) in [4.78, 5) is 20.6. The number of hydrogen-bond donors (Lipinski definition) is 0. The van der Waals surface area contributed by atoms with Crippen LogP contribution in [0.5, 0.6) is 0 Å². The van der Waals surface area contributed by atoms with Crippen LogP contribution in [0.3, 0.4) is 0 Å². The zero-order valence-corrected chi connectivity index (χ0v) is 14.5. The van der Waals surface area contributed by atoms with Crippen LogP contribution in [0.25, 0.3) is 0 Å². The fourth-order valence-corrected chi connectivity index (χ4v) is 4.25. The van der Waals surface area contributed by atoms with Crippen LogP contribution in [0.1, 0.15) is 11.1 Å². The maximum atomic E-state index is 10.9. The van der Waals surface area contributed by atoms with Gasteiger partial charge in [-0.15, -0.1) is 0 Å². The summed E-state index contributed by atoms with van der Waals surface area (Å²) in [5.41, 5.74) is 0.999. The summed E-state index contributed by atoms with van der Waals surface area (Å²) >= 11 is 0. The lowest BCUT2D eigenvalue weighted by Gasteiger charge is -2.23. The lowest BCUT2D eigenvalue weighted by Crippen LogP contribution is -2.33. The Morgan fingerprint density at radius 1 is 0.917 bits per heavy atom. The van der Waals surface area contributed by atoms with E-state index in [4.69, 9.17) is 4.43 Å². The SMILES string of the molecule is C[Si](C)(Cc1ccccc1)OCc1cc([N+](=O)[O-])cc([N+](=O)[O-])c1. The molecule has 2 rings (SSSR count). The van der Waals surface area contributed by atoms with E-state index in [1.54, 1.807) is 0 Å². The monoisotopic (exact) mass is 346 g/mol. The van der Waals surface area contributed by atoms with Crippen molar-refractivity contribution in [2.75, 3.05) is 0 Å². The van der Waals surface area contributed by atoms with E-state index < -0.39 is 18.2 Å². The van der Waals surface area contributed by atoms with Crippen LogP contribution in [0.15, 0.2) is 48.5 Å². The van der Waals surface area contributed by atoms with Crippen molar-refractivity contribution in [3.8, 4) is 0 Å². The topological polar surface area (TPSA) is 95.5 Å². The van der Waals surface area contributed by atoms with Gasteiger partial charge in [0.05, 0.1) is 22.5 Å². The third-order valence-corrected chi connectivity index (χ3v) is 5.67. The molecule has 0 N–H and O–H groups in total. The molecule has 2 aromatic carbocycles. The fraction of sp³-hybridized carbons (Fsp3) is 0.250. The van der Waals surface area contributed by atoms with E-state index in [1.807, 2.05) is 43.4 Å². The molecule has 8 heteroatoms. The van der Waals surface area contributed by atoms with Crippen molar-refractivity contribution < 1.29 is 14.3 Å². The number of nitro groups is 2. The van der Waals surface area contributed by atoms with E-state index in [2.05, 4.69) is 0 Å². The predicted molar refractivity (Wildman–Crippen MR) is 92.2 cm³/mol. The molecule has 0 fully saturated rings. The summed E-state index contributed by atoms with van der Waals surface area (Å²) in [5, 5.41) is 21.8. The van der Waals surface area contributed by atoms with Crippen LogP contribution in [0, 0.1) is 20.2 Å². The van der Waals surface area contributed by atoms with Gasteiger partial charge in [0.2, 0.25) is 0 Å². The average molecular weight is 346 g/mol. The van der Waals surface area contributed by atoms with Gasteiger partial charge in [-0.25, -0.2) is 0 Å². The number of rotatable bonds is 7. The van der Waals surface area contributed by atoms with Crippen molar-refractivity contribution in [1.82, 2.24) is 0 Å². The number of benzene rings is 2. The molecule has 0 spiro atoms. The predicted octanol–water partition coefficient (Wildman–Crippen LogP) is 4.01. The Labute approximate surface area is 140 Å². The minimum atomic E-state index is -2.06. The Morgan fingerprint density at radius 2 is 1.46 bits per heavy atom. The molecule has 0 bridgehead atoms. The maximum absolute atomic E-state index is 10.9. The van der Waals surface area contributed by atoms with Gasteiger partial charge in [-0.1, -0.05) is 30.3 Å². The lowest BCUT2D eigenvalue weighted by molar-refractivity contribution is -0.394. The van der Waals surface area contributed by atoms with Crippen LogP contribution in [0.4, 0.5) is 11.4 Å². The Bertz CT molecular complexity index is 717. The highest BCUT2D eigenvalue weighted by atomic mass is 28.4. The van der Waals surface area contributed by atoms with Crippen molar-refractivity contribution in [3.05, 3.63) is 79.9 Å². The fourth-order valence-electron chi connectivity index (χ4n) is 2.37. The molecule has 0 aliphatic carbocycles. The van der Waals surface area contributed by atoms with Crippen molar-refractivity contribution in [1.29, 1.82) is 0 Å². The molecular weight excluding hydrogens is 328 g/mol. The largest absolute Gasteiger partial charge is 0.413 e. The van der Waals surface area contributed by atoms with Gasteiger partial charge in [0.25, 0.3) is 11.4 Å². The minimum absolute atomic E-state index is 0.120. The number of nitro benzene ring substituents is 2. The molecule has 0 aromatic heterocycles. The second-order valence-electron chi connectivity index (χ2n) is 6.08. The van der Waals surface area contributed by atoms with Gasteiger partial charge in [-0.05, 0) is 30.3 Å². The first-order chi connectivity index (χ1) is 11.3. The van der Waals surface area contributed by atoms with E-state index in [0.29, 0.717) is 5.56 Å². The number of nitrogens with zero attached hydrogens (tertiary/aromatic N) is 2. The Balaban J connectivity index is 2.12. The van der Waals surface area contributed by atoms with Gasteiger partial charge in [-0.2, -0.15) is 0 Å². The molecule has 24 heavy (non-hydrogen) atoms. The summed E-state index contributed by atoms with van der Waals surface area (Å²) in [6, 6.07) is 14.3. The molecule has 0 radical (unpaired) electrons. The second-order valence-corrected chi connectivity index (χ2v) is 10.2. The zero-order chi connectivity index (χ0) is 17.7. The van der Waals surface area contributed by atoms with Gasteiger partial charge in [0.15, 0.2) is 8.32 Å². The van der Waals surface area contributed by atoms with Crippen LogP contribution < -0.4 is 0 Å². The highest BCUT2D eigenvalue weighted by molar-refractivity contribution is 6.70. The molecule has 0 atom stereocenters. The van der Waals surface area contributed by atoms with Crippen LogP contribution in [-0.4, -0.2) is 18.2 Å². The normalized spacial score (nSPS) is 11.2. The van der Waals surface area contributed by atoms with E-state index in [-0.39, 0.29) is 18.0 Å². The smallest absolute Gasteiger partial charge is 0.276 e. The Morgan fingerprint density at radius 3 is 1.96 bits per heavy atom. The van der Waals surface area contributed by atoms with Crippen molar-refractivity contribution in [2.45, 2.75) is 25.7 Å². The molecule has 0 heterocycles. The quantitative estimate of drug-likeness (QED) is 0.429. The van der Waals surface area contributed by atoms with Gasteiger partial charge >= 0.3 is 0 Å². The molecule has 126 valence electrons. The first kappa shape index (κ1) is 17.8. The number of hydrogen-bond acceptors (Lipinski definition) is 5. The van der Waals surface area contributed by atoms with Crippen LogP contribution >= 0.6 is 0 Å². The van der Waals surface area contributed by atoms with Crippen LogP contribution in [0.2, 0.25) is 13.1 Å². The molecular formula is C16H18N2O5Si. The average Bonchev–Trinajstić information content (AvgIpc) is 2.53. The van der Waals surface area contributed by atoms with E-state index in [1.165, 1.54) is 17.7 Å². The highest BCUT2D eigenvalue weighted by Crippen LogP contribution is 2.24. The van der Waals surface area contributed by atoms with Crippen LogP contribution in [-0.2, 0) is 17.1 Å². The van der Waals surface area contributed by atoms with E-state index in [9.17, 15) is 20.2 Å². The molecule has 2 aromatic rings. The van der Waals surface area contributed by atoms with E-state index >= 15 is 0 Å². The molecule has 7 nitrogen and oxygen atoms in total. The summed E-state index contributed by atoms with van der Waals surface area (Å²) in [5.74, 6) is 0. The van der Waals surface area contributed by atoms with Gasteiger partial charge in [0, 0.05) is 12.1 Å². The molecule has 0 saturated heterocycles. The Kier molecular flexibility index (Phi) is 5.42. The van der Waals surface area contributed by atoms with E-state index in [0.717, 1.165) is 12.1 Å². The van der Waals surface area contributed by atoms with Crippen molar-refractivity contribution in [3.63, 3.8) is 0 Å². The molecule has 0 aliphatic heterocycles. The van der Waals surface area contributed by atoms with Gasteiger partial charge in [0.1, 0.15) is 0 Å². The maximum Gasteiger partial charge on any atom is 0.276 e. The second kappa shape index (κ2) is 7.32. The third-order valence-electron chi connectivity index (χ3n) is 3.49. The first-order valence-electron chi connectivity index (χ1n) is 7.37. The zero-order valence-electron chi connectivity index (χ0n) is 13.5.